The number of carbonyl (C=O) groups is 1. The first-order chi connectivity index (χ1) is 15.9. The van der Waals surface area contributed by atoms with Gasteiger partial charge in [-0.2, -0.15) is 0 Å². The van der Waals surface area contributed by atoms with Gasteiger partial charge in [0.1, 0.15) is 12.1 Å². The third-order valence-corrected chi connectivity index (χ3v) is 6.21. The third kappa shape index (κ3) is 4.96. The fourth-order valence-electron chi connectivity index (χ4n) is 3.47. The lowest BCUT2D eigenvalue weighted by Crippen LogP contribution is -2.18. The number of fused-ring (bicyclic) bond motifs is 1. The number of anilines is 1. The van der Waals surface area contributed by atoms with Gasteiger partial charge in [0.15, 0.2) is 9.84 Å². The lowest BCUT2D eigenvalue weighted by molar-refractivity contribution is 0.0964. The summed E-state index contributed by atoms with van der Waals surface area (Å²) in [7, 11) is -1.77. The number of hydrogen-bond donors (Lipinski definition) is 2. The fraction of sp³-hybridized carbons (Fsp3) is 0.174. The summed E-state index contributed by atoms with van der Waals surface area (Å²) in [5, 5.41) is 6.72. The summed E-state index contributed by atoms with van der Waals surface area (Å²) in [6, 6.07) is 10.8. The van der Waals surface area contributed by atoms with Crippen molar-refractivity contribution in [3.63, 3.8) is 0 Å². The van der Waals surface area contributed by atoms with Crippen LogP contribution < -0.4 is 10.6 Å². The molecule has 3 heterocycles. The molecule has 0 saturated carbocycles. The lowest BCUT2D eigenvalue weighted by Gasteiger charge is -2.10. The highest BCUT2D eigenvalue weighted by atomic mass is 32.2. The zero-order valence-corrected chi connectivity index (χ0v) is 18.9. The van der Waals surface area contributed by atoms with Gasteiger partial charge in [0, 0.05) is 55.5 Å². The Morgan fingerprint density at radius 1 is 1.06 bits per heavy atom. The van der Waals surface area contributed by atoms with E-state index in [0.29, 0.717) is 35.6 Å². The molecule has 0 radical (unpaired) electrons. The fourth-order valence-corrected chi connectivity index (χ4v) is 4.06. The van der Waals surface area contributed by atoms with Crippen molar-refractivity contribution >= 4 is 32.5 Å². The summed E-state index contributed by atoms with van der Waals surface area (Å²) in [4.78, 5) is 29.3. The molecule has 10 heteroatoms. The molecule has 1 amide bonds. The molecule has 2 N–H and O–H groups in total. The van der Waals surface area contributed by atoms with Crippen LogP contribution in [-0.2, 0) is 16.3 Å². The van der Waals surface area contributed by atoms with Crippen LogP contribution in [0.4, 0.5) is 5.82 Å². The van der Waals surface area contributed by atoms with Crippen molar-refractivity contribution in [2.75, 3.05) is 25.2 Å². The number of sulfone groups is 1. The first-order valence-electron chi connectivity index (χ1n) is 10.2. The van der Waals surface area contributed by atoms with E-state index in [9.17, 15) is 13.2 Å². The lowest BCUT2D eigenvalue weighted by atomic mass is 10.0. The zero-order valence-electron chi connectivity index (χ0n) is 18.1. The maximum absolute atomic E-state index is 12.2. The quantitative estimate of drug-likeness (QED) is 0.429. The number of nitrogens with one attached hydrogen (secondary N) is 2. The Morgan fingerprint density at radius 2 is 1.91 bits per heavy atom. The summed E-state index contributed by atoms with van der Waals surface area (Å²) >= 11 is 0. The number of amides is 1. The maximum Gasteiger partial charge on any atom is 0.251 e. The highest BCUT2D eigenvalue weighted by Gasteiger charge is 2.12. The van der Waals surface area contributed by atoms with Crippen molar-refractivity contribution in [1.82, 2.24) is 25.3 Å². The number of benzene rings is 1. The predicted octanol–water partition coefficient (Wildman–Crippen LogP) is 2.50. The van der Waals surface area contributed by atoms with Crippen molar-refractivity contribution in [2.24, 2.45) is 0 Å². The molecule has 4 rings (SSSR count). The van der Waals surface area contributed by atoms with E-state index in [2.05, 4.69) is 30.6 Å². The Bertz CT molecular complexity index is 1440. The zero-order chi connectivity index (χ0) is 23.4. The highest BCUT2D eigenvalue weighted by Crippen LogP contribution is 2.22. The van der Waals surface area contributed by atoms with Crippen LogP contribution in [0, 0.1) is 0 Å². The largest absolute Gasteiger partial charge is 0.370 e. The average Bonchev–Trinajstić information content (AvgIpc) is 2.83. The summed E-state index contributed by atoms with van der Waals surface area (Å²) in [6.07, 6.45) is 7.73. The minimum Gasteiger partial charge on any atom is -0.370 e. The van der Waals surface area contributed by atoms with Crippen LogP contribution in [-0.4, -0.2) is 54.1 Å². The van der Waals surface area contributed by atoms with Crippen LogP contribution in [0.1, 0.15) is 15.9 Å². The summed E-state index contributed by atoms with van der Waals surface area (Å²) in [5.41, 5.74) is 3.52. The molecular weight excluding hydrogens is 440 g/mol. The van der Waals surface area contributed by atoms with E-state index in [0.717, 1.165) is 22.7 Å². The van der Waals surface area contributed by atoms with Gasteiger partial charge in [-0.3, -0.25) is 14.8 Å². The second-order valence-corrected chi connectivity index (χ2v) is 9.41. The molecular formula is C23H22N6O3S. The highest BCUT2D eigenvalue weighted by molar-refractivity contribution is 7.90. The Morgan fingerprint density at radius 3 is 2.70 bits per heavy atom. The molecule has 0 aliphatic rings. The van der Waals surface area contributed by atoms with Crippen LogP contribution >= 0.6 is 0 Å². The SMILES string of the molecule is CNC(=O)c1ccnc2c(CCNc3cc(-c4cncc(S(C)(=O)=O)c4)ncn3)cccc12. The van der Waals surface area contributed by atoms with Crippen molar-refractivity contribution in [3.8, 4) is 11.3 Å². The molecule has 0 aliphatic heterocycles. The number of para-hydroxylation sites is 1. The molecule has 4 aromatic rings. The monoisotopic (exact) mass is 462 g/mol. The van der Waals surface area contributed by atoms with Gasteiger partial charge in [-0.05, 0) is 24.1 Å². The van der Waals surface area contributed by atoms with Gasteiger partial charge in [-0.1, -0.05) is 18.2 Å². The average molecular weight is 463 g/mol. The van der Waals surface area contributed by atoms with Gasteiger partial charge in [-0.15, -0.1) is 0 Å². The van der Waals surface area contributed by atoms with Gasteiger partial charge < -0.3 is 10.6 Å². The minimum atomic E-state index is -3.37. The topological polar surface area (TPSA) is 127 Å². The molecule has 0 aliphatic carbocycles. The van der Waals surface area contributed by atoms with Crippen molar-refractivity contribution in [1.29, 1.82) is 0 Å². The molecule has 1 aromatic carbocycles. The van der Waals surface area contributed by atoms with E-state index in [-0.39, 0.29) is 10.8 Å². The third-order valence-electron chi connectivity index (χ3n) is 5.13. The van der Waals surface area contributed by atoms with E-state index in [1.165, 1.54) is 12.5 Å². The molecule has 0 fully saturated rings. The molecule has 9 nitrogen and oxygen atoms in total. The van der Waals surface area contributed by atoms with E-state index in [4.69, 9.17) is 0 Å². The van der Waals surface area contributed by atoms with E-state index in [1.807, 2.05) is 18.2 Å². The van der Waals surface area contributed by atoms with Gasteiger partial charge in [0.2, 0.25) is 0 Å². The Hall–Kier alpha value is -3.92. The van der Waals surface area contributed by atoms with Crippen molar-refractivity contribution < 1.29 is 13.2 Å². The molecule has 0 bridgehead atoms. The first kappa shape index (κ1) is 22.3. The number of aromatic nitrogens is 4. The standard InChI is InChI=1S/C23H22N6O3S/c1-24-23(30)19-7-9-27-22-15(4-3-5-18(19)22)6-8-26-21-11-20(28-14-29-21)16-10-17(13-25-12-16)33(2,31)32/h3-5,7,9-14H,6,8H2,1-2H3,(H,24,30)(H,26,28,29). The smallest absolute Gasteiger partial charge is 0.251 e. The van der Waals surface area contributed by atoms with Crippen molar-refractivity contribution in [3.05, 3.63) is 72.4 Å². The normalized spacial score (nSPS) is 11.3. The van der Waals surface area contributed by atoms with Crippen molar-refractivity contribution in [2.45, 2.75) is 11.3 Å². The minimum absolute atomic E-state index is 0.132. The van der Waals surface area contributed by atoms with Gasteiger partial charge >= 0.3 is 0 Å². The molecule has 33 heavy (non-hydrogen) atoms. The summed E-state index contributed by atoms with van der Waals surface area (Å²) < 4.78 is 23.6. The van der Waals surface area contributed by atoms with Crippen LogP contribution in [0.2, 0.25) is 0 Å². The Balaban J connectivity index is 1.52. The molecule has 3 aromatic heterocycles. The van der Waals surface area contributed by atoms with Gasteiger partial charge in [-0.25, -0.2) is 18.4 Å². The van der Waals surface area contributed by atoms with Crippen LogP contribution in [0.25, 0.3) is 22.2 Å². The summed E-state index contributed by atoms with van der Waals surface area (Å²) in [6.45, 7) is 0.572. The number of hydrogen-bond acceptors (Lipinski definition) is 8. The molecule has 0 saturated heterocycles. The molecule has 168 valence electrons. The first-order valence-corrected chi connectivity index (χ1v) is 12.1. The molecule has 0 spiro atoms. The maximum atomic E-state index is 12.2. The van der Waals surface area contributed by atoms with Crippen LogP contribution in [0.3, 0.4) is 0 Å². The number of rotatable bonds is 7. The number of pyridine rings is 2. The molecule has 0 atom stereocenters. The van der Waals surface area contributed by atoms with Crippen LogP contribution in [0.15, 0.2) is 66.2 Å². The van der Waals surface area contributed by atoms with Crippen LogP contribution in [0.5, 0.6) is 0 Å². The second-order valence-electron chi connectivity index (χ2n) is 7.40. The predicted molar refractivity (Wildman–Crippen MR) is 126 cm³/mol. The number of nitrogens with zero attached hydrogens (tertiary/aromatic N) is 4. The van der Waals surface area contributed by atoms with Gasteiger partial charge in [0.05, 0.1) is 21.7 Å². The summed E-state index contributed by atoms with van der Waals surface area (Å²) in [5.74, 6) is 0.449. The van der Waals surface area contributed by atoms with E-state index in [1.54, 1.807) is 37.6 Å². The van der Waals surface area contributed by atoms with E-state index < -0.39 is 9.84 Å². The Kier molecular flexibility index (Phi) is 6.27. The number of carbonyl (C=O) groups excluding carboxylic acids is 1. The van der Waals surface area contributed by atoms with Gasteiger partial charge in [0.25, 0.3) is 5.91 Å². The van der Waals surface area contributed by atoms with E-state index >= 15 is 0 Å². The molecule has 0 unspecified atom stereocenters. The Labute approximate surface area is 191 Å². The second kappa shape index (κ2) is 9.29.